The number of hydrogen-bond donors (Lipinski definition) is 1. The van der Waals surface area contributed by atoms with Crippen molar-refractivity contribution in [2.24, 2.45) is 5.92 Å². The summed E-state index contributed by atoms with van der Waals surface area (Å²) in [5, 5.41) is 3.68. The van der Waals surface area contributed by atoms with E-state index in [2.05, 4.69) is 10.3 Å². The van der Waals surface area contributed by atoms with E-state index in [1.165, 1.54) is 0 Å². The molecule has 1 aromatic heterocycles. The van der Waals surface area contributed by atoms with Crippen molar-refractivity contribution in [3.63, 3.8) is 0 Å². The average molecular weight is 375 g/mol. The van der Waals surface area contributed by atoms with Gasteiger partial charge in [0.2, 0.25) is 5.91 Å². The van der Waals surface area contributed by atoms with Crippen molar-refractivity contribution in [2.75, 3.05) is 13.1 Å². The zero-order chi connectivity index (χ0) is 18.5. The van der Waals surface area contributed by atoms with Gasteiger partial charge in [-0.3, -0.25) is 9.59 Å². The maximum absolute atomic E-state index is 12.5. The summed E-state index contributed by atoms with van der Waals surface area (Å²) >= 11 is 5.87. The normalized spacial score (nSPS) is 16.3. The Labute approximate surface area is 158 Å². The smallest absolute Gasteiger partial charge is 0.253 e. The lowest BCUT2D eigenvalue weighted by molar-refractivity contribution is -0.127. The summed E-state index contributed by atoms with van der Waals surface area (Å²) in [6.45, 7) is 3.86. The molecule has 26 heavy (non-hydrogen) atoms. The van der Waals surface area contributed by atoms with Crippen LogP contribution in [-0.2, 0) is 11.3 Å². The maximum Gasteiger partial charge on any atom is 0.253 e. The molecule has 1 aliphatic rings. The highest BCUT2D eigenvalue weighted by Gasteiger charge is 2.28. The Morgan fingerprint density at radius 1 is 1.27 bits per heavy atom. The number of nitrogens with zero attached hydrogens (tertiary/aromatic N) is 3. The van der Waals surface area contributed by atoms with Crippen LogP contribution in [-0.4, -0.2) is 45.4 Å². The Kier molecular flexibility index (Phi) is 5.93. The fourth-order valence-electron chi connectivity index (χ4n) is 3.24. The molecule has 2 heterocycles. The van der Waals surface area contributed by atoms with Crippen LogP contribution in [0.5, 0.6) is 0 Å². The van der Waals surface area contributed by atoms with Crippen LogP contribution < -0.4 is 5.32 Å². The predicted octanol–water partition coefficient (Wildman–Crippen LogP) is 2.59. The molecular formula is C19H23ClN4O2. The van der Waals surface area contributed by atoms with Gasteiger partial charge in [0.1, 0.15) is 0 Å². The number of carbonyl (C=O) groups is 2. The minimum absolute atomic E-state index is 0.00555. The van der Waals surface area contributed by atoms with Crippen molar-refractivity contribution in [2.45, 2.75) is 32.4 Å². The standard InChI is InChI=1S/C19H23ClN4O2/c1-14(12-23-11-8-21-13-23)22-18(25)15-6-9-24(10-7-15)19(26)16-2-4-17(20)5-3-16/h2-5,8,11,13-15H,6-7,9-10,12H2,1H3,(H,22,25)/t14-/m0/s1. The fraction of sp³-hybridized carbons (Fsp3) is 0.421. The van der Waals surface area contributed by atoms with Gasteiger partial charge in [0.05, 0.1) is 6.33 Å². The lowest BCUT2D eigenvalue weighted by Gasteiger charge is -2.32. The number of benzene rings is 1. The Bertz CT molecular complexity index is 737. The van der Waals surface area contributed by atoms with Crippen LogP contribution in [0.1, 0.15) is 30.1 Å². The van der Waals surface area contributed by atoms with Gasteiger partial charge in [-0.05, 0) is 44.0 Å². The van der Waals surface area contributed by atoms with E-state index in [1.54, 1.807) is 36.8 Å². The molecule has 1 aliphatic heterocycles. The van der Waals surface area contributed by atoms with Crippen LogP contribution in [0, 0.1) is 5.92 Å². The number of amides is 2. The molecule has 138 valence electrons. The molecule has 1 aromatic carbocycles. The number of aromatic nitrogens is 2. The van der Waals surface area contributed by atoms with Gasteiger partial charge in [0.15, 0.2) is 0 Å². The molecule has 0 spiro atoms. The lowest BCUT2D eigenvalue weighted by atomic mass is 9.95. The van der Waals surface area contributed by atoms with Gasteiger partial charge >= 0.3 is 0 Å². The first-order chi connectivity index (χ1) is 12.5. The third-order valence-electron chi connectivity index (χ3n) is 4.68. The van der Waals surface area contributed by atoms with Gasteiger partial charge in [0.25, 0.3) is 5.91 Å². The van der Waals surface area contributed by atoms with E-state index in [1.807, 2.05) is 22.6 Å². The van der Waals surface area contributed by atoms with E-state index >= 15 is 0 Å². The summed E-state index contributed by atoms with van der Waals surface area (Å²) in [6.07, 6.45) is 6.71. The van der Waals surface area contributed by atoms with E-state index < -0.39 is 0 Å². The Hall–Kier alpha value is -2.34. The minimum Gasteiger partial charge on any atom is -0.352 e. The van der Waals surface area contributed by atoms with Gasteiger partial charge < -0.3 is 14.8 Å². The molecule has 0 unspecified atom stereocenters. The number of halogens is 1. The molecule has 6 nitrogen and oxygen atoms in total. The molecule has 0 radical (unpaired) electrons. The van der Waals surface area contributed by atoms with Crippen LogP contribution in [0.15, 0.2) is 43.0 Å². The molecule has 1 saturated heterocycles. The molecule has 2 amide bonds. The first kappa shape index (κ1) is 18.5. The summed E-state index contributed by atoms with van der Waals surface area (Å²) in [5.74, 6) is 0.0136. The maximum atomic E-state index is 12.5. The topological polar surface area (TPSA) is 67.2 Å². The van der Waals surface area contributed by atoms with Crippen LogP contribution in [0.3, 0.4) is 0 Å². The fourth-order valence-corrected chi connectivity index (χ4v) is 3.36. The number of imidazole rings is 1. The van der Waals surface area contributed by atoms with Crippen molar-refractivity contribution in [3.8, 4) is 0 Å². The van der Waals surface area contributed by atoms with E-state index in [0.717, 1.165) is 0 Å². The number of likely N-dealkylation sites (tertiary alicyclic amines) is 1. The Balaban J connectivity index is 1.47. The quantitative estimate of drug-likeness (QED) is 0.874. The third-order valence-corrected chi connectivity index (χ3v) is 4.93. The van der Waals surface area contributed by atoms with Crippen LogP contribution in [0.2, 0.25) is 5.02 Å². The first-order valence-corrected chi connectivity index (χ1v) is 9.21. The van der Waals surface area contributed by atoms with Gasteiger partial charge in [0, 0.05) is 54.6 Å². The molecule has 0 aliphatic carbocycles. The zero-order valence-electron chi connectivity index (χ0n) is 14.8. The SMILES string of the molecule is C[C@@H](Cn1ccnc1)NC(=O)C1CCN(C(=O)c2ccc(Cl)cc2)CC1. The summed E-state index contributed by atoms with van der Waals surface area (Å²) < 4.78 is 1.94. The number of piperidine rings is 1. The Morgan fingerprint density at radius 3 is 2.58 bits per heavy atom. The Morgan fingerprint density at radius 2 is 1.96 bits per heavy atom. The molecule has 3 rings (SSSR count). The monoisotopic (exact) mass is 374 g/mol. The minimum atomic E-state index is -0.0468. The zero-order valence-corrected chi connectivity index (χ0v) is 15.5. The van der Waals surface area contributed by atoms with E-state index in [-0.39, 0.29) is 23.8 Å². The molecule has 2 aromatic rings. The molecule has 7 heteroatoms. The highest BCUT2D eigenvalue weighted by molar-refractivity contribution is 6.30. The lowest BCUT2D eigenvalue weighted by Crippen LogP contribution is -2.45. The van der Waals surface area contributed by atoms with Crippen LogP contribution in [0.25, 0.3) is 0 Å². The second-order valence-corrected chi connectivity index (χ2v) is 7.18. The van der Waals surface area contributed by atoms with Gasteiger partial charge in [-0.2, -0.15) is 0 Å². The largest absolute Gasteiger partial charge is 0.352 e. The second-order valence-electron chi connectivity index (χ2n) is 6.74. The van der Waals surface area contributed by atoms with Crippen LogP contribution >= 0.6 is 11.6 Å². The van der Waals surface area contributed by atoms with Crippen LogP contribution in [0.4, 0.5) is 0 Å². The van der Waals surface area contributed by atoms with Crippen molar-refractivity contribution in [3.05, 3.63) is 53.6 Å². The second kappa shape index (κ2) is 8.36. The van der Waals surface area contributed by atoms with E-state index in [4.69, 9.17) is 11.6 Å². The highest BCUT2D eigenvalue weighted by atomic mass is 35.5. The number of nitrogens with one attached hydrogen (secondary N) is 1. The summed E-state index contributed by atoms with van der Waals surface area (Å²) in [5.41, 5.74) is 0.631. The molecule has 1 fully saturated rings. The molecule has 1 N–H and O–H groups in total. The van der Waals surface area contributed by atoms with Crippen molar-refractivity contribution >= 4 is 23.4 Å². The summed E-state index contributed by atoms with van der Waals surface area (Å²) in [6, 6.07) is 6.95. The summed E-state index contributed by atoms with van der Waals surface area (Å²) in [4.78, 5) is 30.8. The molecular weight excluding hydrogens is 352 g/mol. The van der Waals surface area contributed by atoms with Gasteiger partial charge in [-0.25, -0.2) is 4.98 Å². The molecule has 1 atom stereocenters. The average Bonchev–Trinajstić information content (AvgIpc) is 3.14. The number of carbonyl (C=O) groups excluding carboxylic acids is 2. The molecule has 0 bridgehead atoms. The van der Waals surface area contributed by atoms with Gasteiger partial charge in [-0.15, -0.1) is 0 Å². The van der Waals surface area contributed by atoms with Crippen molar-refractivity contribution < 1.29 is 9.59 Å². The third kappa shape index (κ3) is 4.64. The number of hydrogen-bond acceptors (Lipinski definition) is 3. The van der Waals surface area contributed by atoms with E-state index in [9.17, 15) is 9.59 Å². The number of rotatable bonds is 5. The predicted molar refractivity (Wildman–Crippen MR) is 99.9 cm³/mol. The van der Waals surface area contributed by atoms with Crippen molar-refractivity contribution in [1.29, 1.82) is 0 Å². The first-order valence-electron chi connectivity index (χ1n) is 8.84. The highest BCUT2D eigenvalue weighted by Crippen LogP contribution is 2.20. The molecule has 0 saturated carbocycles. The summed E-state index contributed by atoms with van der Waals surface area (Å²) in [7, 11) is 0. The van der Waals surface area contributed by atoms with Crippen molar-refractivity contribution in [1.82, 2.24) is 19.8 Å². The van der Waals surface area contributed by atoms with E-state index in [0.29, 0.717) is 43.1 Å². The van der Waals surface area contributed by atoms with Gasteiger partial charge in [-0.1, -0.05) is 11.6 Å².